The van der Waals surface area contributed by atoms with E-state index in [1.165, 1.54) is 5.56 Å². The number of para-hydroxylation sites is 1. The molecular weight excluding hydrogens is 482 g/mol. The fourth-order valence-corrected chi connectivity index (χ4v) is 5.00. The second-order valence-corrected chi connectivity index (χ2v) is 9.77. The van der Waals surface area contributed by atoms with Gasteiger partial charge in [0.1, 0.15) is 0 Å². The highest BCUT2D eigenvalue weighted by Gasteiger charge is 2.19. The number of hydrogen-bond acceptors (Lipinski definition) is 4. The van der Waals surface area contributed by atoms with Gasteiger partial charge >= 0.3 is 0 Å². The maximum atomic E-state index is 13.3. The lowest BCUT2D eigenvalue weighted by molar-refractivity contribution is 0.102. The standard InChI is InChI=1S/C33H31N5O/c39-32(35-33-34-31(27-12-6-2-7-13-27)25-38(33)30-14-8-3-9-15-30)28-16-18-29(19-17-28)37-22-20-36(21-23-37)24-26-10-4-1-5-11-26/h1-19,25H,20-24H2,(H,34,35,39). The van der Waals surface area contributed by atoms with E-state index in [4.69, 9.17) is 4.98 Å². The molecule has 194 valence electrons. The molecule has 1 saturated heterocycles. The van der Waals surface area contributed by atoms with Crippen molar-refractivity contribution in [1.82, 2.24) is 14.5 Å². The molecule has 1 fully saturated rings. The Kier molecular flexibility index (Phi) is 7.19. The number of amides is 1. The first-order valence-electron chi connectivity index (χ1n) is 13.4. The summed E-state index contributed by atoms with van der Waals surface area (Å²) >= 11 is 0. The molecular formula is C33H31N5O. The number of nitrogens with zero attached hydrogens (tertiary/aromatic N) is 4. The molecule has 4 aromatic carbocycles. The van der Waals surface area contributed by atoms with E-state index in [1.54, 1.807) is 0 Å². The Morgan fingerprint density at radius 2 is 1.31 bits per heavy atom. The molecule has 0 bridgehead atoms. The van der Waals surface area contributed by atoms with Crippen LogP contribution < -0.4 is 10.2 Å². The number of anilines is 2. The van der Waals surface area contributed by atoms with Gasteiger partial charge in [-0.05, 0) is 42.0 Å². The van der Waals surface area contributed by atoms with Crippen molar-refractivity contribution in [3.8, 4) is 16.9 Å². The zero-order valence-electron chi connectivity index (χ0n) is 21.8. The summed E-state index contributed by atoms with van der Waals surface area (Å²) in [4.78, 5) is 22.9. The van der Waals surface area contributed by atoms with Crippen molar-refractivity contribution in [1.29, 1.82) is 0 Å². The van der Waals surface area contributed by atoms with Gasteiger partial charge in [-0.2, -0.15) is 0 Å². The Bertz CT molecular complexity index is 1510. The predicted octanol–water partition coefficient (Wildman–Crippen LogP) is 6.11. The van der Waals surface area contributed by atoms with Crippen LogP contribution in [0.4, 0.5) is 11.6 Å². The number of aromatic nitrogens is 2. The number of carbonyl (C=O) groups is 1. The first-order chi connectivity index (χ1) is 19.2. The average molecular weight is 514 g/mol. The van der Waals surface area contributed by atoms with Crippen molar-refractivity contribution in [2.24, 2.45) is 0 Å². The van der Waals surface area contributed by atoms with Gasteiger partial charge in [0.15, 0.2) is 0 Å². The molecule has 0 radical (unpaired) electrons. The summed E-state index contributed by atoms with van der Waals surface area (Å²) in [6.45, 7) is 4.95. The molecule has 1 N–H and O–H groups in total. The highest BCUT2D eigenvalue weighted by atomic mass is 16.1. The first-order valence-corrected chi connectivity index (χ1v) is 13.4. The molecule has 6 heteroatoms. The fraction of sp³-hybridized carbons (Fsp3) is 0.152. The van der Waals surface area contributed by atoms with E-state index in [1.807, 2.05) is 95.7 Å². The van der Waals surface area contributed by atoms with E-state index in [2.05, 4.69) is 45.4 Å². The summed E-state index contributed by atoms with van der Waals surface area (Å²) in [5.41, 5.74) is 5.83. The van der Waals surface area contributed by atoms with Gasteiger partial charge in [0.2, 0.25) is 5.95 Å². The molecule has 2 heterocycles. The van der Waals surface area contributed by atoms with Crippen molar-refractivity contribution in [2.75, 3.05) is 36.4 Å². The van der Waals surface area contributed by atoms with Crippen LogP contribution in [-0.4, -0.2) is 46.5 Å². The summed E-state index contributed by atoms with van der Waals surface area (Å²) in [6, 6.07) is 38.4. The van der Waals surface area contributed by atoms with Crippen LogP contribution in [0.2, 0.25) is 0 Å². The summed E-state index contributed by atoms with van der Waals surface area (Å²) in [6.07, 6.45) is 1.96. The molecule has 1 amide bonds. The number of benzene rings is 4. The third-order valence-corrected chi connectivity index (χ3v) is 7.15. The number of piperazine rings is 1. The van der Waals surface area contributed by atoms with Crippen LogP contribution in [0.25, 0.3) is 16.9 Å². The van der Waals surface area contributed by atoms with E-state index in [9.17, 15) is 4.79 Å². The van der Waals surface area contributed by atoms with Crippen molar-refractivity contribution in [3.05, 3.63) is 133 Å². The lowest BCUT2D eigenvalue weighted by Gasteiger charge is -2.36. The van der Waals surface area contributed by atoms with Crippen LogP contribution in [0.3, 0.4) is 0 Å². The van der Waals surface area contributed by atoms with Crippen molar-refractivity contribution >= 4 is 17.5 Å². The quantitative estimate of drug-likeness (QED) is 0.285. The van der Waals surface area contributed by atoms with Gasteiger partial charge in [-0.3, -0.25) is 19.6 Å². The molecule has 0 unspecified atom stereocenters. The van der Waals surface area contributed by atoms with Gasteiger partial charge in [-0.25, -0.2) is 4.98 Å². The third-order valence-electron chi connectivity index (χ3n) is 7.15. The average Bonchev–Trinajstić information content (AvgIpc) is 3.43. The Labute approximate surface area is 229 Å². The molecule has 6 rings (SSSR count). The normalized spacial score (nSPS) is 13.8. The minimum atomic E-state index is -0.184. The molecule has 0 aliphatic carbocycles. The van der Waals surface area contributed by atoms with Gasteiger partial charge < -0.3 is 4.90 Å². The van der Waals surface area contributed by atoms with Crippen LogP contribution in [0, 0.1) is 0 Å². The third kappa shape index (κ3) is 5.76. The molecule has 1 aromatic heterocycles. The molecule has 5 aromatic rings. The topological polar surface area (TPSA) is 53.4 Å². The second-order valence-electron chi connectivity index (χ2n) is 9.77. The highest BCUT2D eigenvalue weighted by molar-refractivity contribution is 6.03. The highest BCUT2D eigenvalue weighted by Crippen LogP contribution is 2.25. The van der Waals surface area contributed by atoms with E-state index in [0.717, 1.165) is 55.4 Å². The molecule has 0 saturated carbocycles. The molecule has 1 aliphatic heterocycles. The fourth-order valence-electron chi connectivity index (χ4n) is 5.00. The van der Waals surface area contributed by atoms with E-state index < -0.39 is 0 Å². The van der Waals surface area contributed by atoms with E-state index in [0.29, 0.717) is 11.5 Å². The lowest BCUT2D eigenvalue weighted by atomic mass is 10.1. The Hall–Kier alpha value is -4.68. The summed E-state index contributed by atoms with van der Waals surface area (Å²) < 4.78 is 1.92. The van der Waals surface area contributed by atoms with Gasteiger partial charge in [0.25, 0.3) is 5.91 Å². The van der Waals surface area contributed by atoms with Gasteiger partial charge in [-0.15, -0.1) is 0 Å². The number of nitrogens with one attached hydrogen (secondary N) is 1. The van der Waals surface area contributed by atoms with E-state index >= 15 is 0 Å². The summed E-state index contributed by atoms with van der Waals surface area (Å²) in [5.74, 6) is 0.306. The zero-order chi connectivity index (χ0) is 26.4. The second kappa shape index (κ2) is 11.4. The largest absolute Gasteiger partial charge is 0.369 e. The molecule has 1 aliphatic rings. The lowest BCUT2D eigenvalue weighted by Crippen LogP contribution is -2.45. The molecule has 0 atom stereocenters. The number of imidazole rings is 1. The van der Waals surface area contributed by atoms with Crippen LogP contribution >= 0.6 is 0 Å². The van der Waals surface area contributed by atoms with Gasteiger partial charge in [0.05, 0.1) is 5.69 Å². The molecule has 39 heavy (non-hydrogen) atoms. The van der Waals surface area contributed by atoms with Crippen molar-refractivity contribution < 1.29 is 4.79 Å². The van der Waals surface area contributed by atoms with Crippen LogP contribution in [0.5, 0.6) is 0 Å². The minimum absolute atomic E-state index is 0.184. The maximum absolute atomic E-state index is 13.3. The van der Waals surface area contributed by atoms with E-state index in [-0.39, 0.29) is 5.91 Å². The van der Waals surface area contributed by atoms with Gasteiger partial charge in [-0.1, -0.05) is 78.9 Å². The summed E-state index contributed by atoms with van der Waals surface area (Å²) in [7, 11) is 0. The summed E-state index contributed by atoms with van der Waals surface area (Å²) in [5, 5.41) is 3.04. The smallest absolute Gasteiger partial charge is 0.257 e. The number of hydrogen-bond donors (Lipinski definition) is 1. The molecule has 6 nitrogen and oxygen atoms in total. The Balaban J connectivity index is 1.14. The molecule has 0 spiro atoms. The first kappa shape index (κ1) is 24.6. The van der Waals surface area contributed by atoms with Crippen molar-refractivity contribution in [3.63, 3.8) is 0 Å². The SMILES string of the molecule is O=C(Nc1nc(-c2ccccc2)cn1-c1ccccc1)c1ccc(N2CCN(Cc3ccccc3)CC2)cc1. The zero-order valence-corrected chi connectivity index (χ0v) is 21.8. The van der Waals surface area contributed by atoms with Crippen LogP contribution in [0.15, 0.2) is 121 Å². The van der Waals surface area contributed by atoms with Gasteiger partial charge in [0, 0.05) is 61.4 Å². The van der Waals surface area contributed by atoms with Crippen molar-refractivity contribution in [2.45, 2.75) is 6.54 Å². The Morgan fingerprint density at radius 3 is 1.97 bits per heavy atom. The Morgan fingerprint density at radius 1 is 0.692 bits per heavy atom. The minimum Gasteiger partial charge on any atom is -0.369 e. The monoisotopic (exact) mass is 513 g/mol. The van der Waals surface area contributed by atoms with Crippen LogP contribution in [-0.2, 0) is 6.54 Å². The maximum Gasteiger partial charge on any atom is 0.257 e. The number of rotatable bonds is 7. The predicted molar refractivity (Wildman–Crippen MR) is 157 cm³/mol. The van der Waals surface area contributed by atoms with Crippen LogP contribution in [0.1, 0.15) is 15.9 Å². The number of carbonyl (C=O) groups excluding carboxylic acids is 1.